The number of halogens is 4. The van der Waals surface area contributed by atoms with Crippen molar-refractivity contribution in [1.29, 1.82) is 0 Å². The Balaban J connectivity index is 1.93. The van der Waals surface area contributed by atoms with Crippen LogP contribution in [0, 0.1) is 0 Å². The van der Waals surface area contributed by atoms with Crippen LogP contribution in [0.15, 0.2) is 33.2 Å². The summed E-state index contributed by atoms with van der Waals surface area (Å²) in [5.41, 5.74) is 0.550. The summed E-state index contributed by atoms with van der Waals surface area (Å²) in [7, 11) is 0. The van der Waals surface area contributed by atoms with Crippen LogP contribution >= 0.6 is 15.9 Å². The summed E-state index contributed by atoms with van der Waals surface area (Å²) in [6.07, 6.45) is -4.38. The highest BCUT2D eigenvalue weighted by Gasteiger charge is 2.27. The fraction of sp³-hybridized carbons (Fsp3) is 0.357. The average Bonchev–Trinajstić information content (AvgIpc) is 2.80. The van der Waals surface area contributed by atoms with E-state index in [2.05, 4.69) is 26.0 Å². The van der Waals surface area contributed by atoms with E-state index in [0.717, 1.165) is 9.86 Å². The van der Waals surface area contributed by atoms with Gasteiger partial charge in [-0.2, -0.15) is 13.2 Å². The van der Waals surface area contributed by atoms with Gasteiger partial charge >= 0.3 is 6.18 Å². The van der Waals surface area contributed by atoms with Gasteiger partial charge in [0.2, 0.25) is 0 Å². The molecule has 0 aliphatic carbocycles. The molecular formula is C14H13BrF3NO3. The molecule has 0 spiro atoms. The first-order chi connectivity index (χ1) is 10.2. The number of benzene rings is 1. The van der Waals surface area contributed by atoms with E-state index in [1.54, 1.807) is 31.2 Å². The average molecular weight is 380 g/mol. The zero-order chi connectivity index (χ0) is 16.3. The number of hydrogen-bond acceptors (Lipinski definition) is 3. The molecule has 0 aliphatic heterocycles. The molecular weight excluding hydrogens is 367 g/mol. The third-order valence-corrected chi connectivity index (χ3v) is 3.21. The maximum atomic E-state index is 12.0. The van der Waals surface area contributed by atoms with Gasteiger partial charge in [0, 0.05) is 15.9 Å². The fourth-order valence-electron chi connectivity index (χ4n) is 1.81. The lowest BCUT2D eigenvalue weighted by molar-refractivity contribution is -0.174. The van der Waals surface area contributed by atoms with Gasteiger partial charge in [-0.25, -0.2) is 0 Å². The molecule has 0 fully saturated rings. The van der Waals surface area contributed by atoms with E-state index in [4.69, 9.17) is 4.42 Å². The second-order valence-electron chi connectivity index (χ2n) is 4.80. The zero-order valence-corrected chi connectivity index (χ0v) is 13.1. The number of carbonyl (C=O) groups excluding carboxylic acids is 1. The summed E-state index contributed by atoms with van der Waals surface area (Å²) in [5.74, 6) is -0.411. The summed E-state index contributed by atoms with van der Waals surface area (Å²) in [4.78, 5) is 12.0. The Hall–Kier alpha value is -1.54. The quantitative estimate of drug-likeness (QED) is 0.857. The van der Waals surface area contributed by atoms with Gasteiger partial charge in [-0.15, -0.1) is 0 Å². The highest BCUT2D eigenvalue weighted by Crippen LogP contribution is 2.23. The van der Waals surface area contributed by atoms with Crippen molar-refractivity contribution in [3.63, 3.8) is 0 Å². The van der Waals surface area contributed by atoms with Gasteiger partial charge in [0.15, 0.2) is 5.76 Å². The van der Waals surface area contributed by atoms with Crippen molar-refractivity contribution >= 4 is 32.8 Å². The highest BCUT2D eigenvalue weighted by atomic mass is 79.9. The van der Waals surface area contributed by atoms with Crippen molar-refractivity contribution in [2.24, 2.45) is 0 Å². The van der Waals surface area contributed by atoms with Gasteiger partial charge in [0.1, 0.15) is 12.2 Å². The highest BCUT2D eigenvalue weighted by molar-refractivity contribution is 9.10. The molecule has 1 aromatic heterocycles. The monoisotopic (exact) mass is 379 g/mol. The summed E-state index contributed by atoms with van der Waals surface area (Å²) >= 11 is 3.31. The van der Waals surface area contributed by atoms with Gasteiger partial charge in [-0.1, -0.05) is 15.9 Å². The molecule has 1 N–H and O–H groups in total. The Morgan fingerprint density at radius 2 is 2.14 bits per heavy atom. The Kier molecular flexibility index (Phi) is 5.12. The van der Waals surface area contributed by atoms with E-state index in [0.29, 0.717) is 5.58 Å². The molecule has 1 heterocycles. The van der Waals surface area contributed by atoms with Gasteiger partial charge in [-0.3, -0.25) is 4.79 Å². The minimum atomic E-state index is -4.38. The smallest absolute Gasteiger partial charge is 0.411 e. The molecule has 0 bridgehead atoms. The molecule has 0 saturated carbocycles. The molecule has 1 aromatic carbocycles. The summed E-state index contributed by atoms with van der Waals surface area (Å²) in [6.45, 7) is -0.0313. The number of rotatable bonds is 5. The van der Waals surface area contributed by atoms with Crippen molar-refractivity contribution in [1.82, 2.24) is 5.32 Å². The van der Waals surface area contributed by atoms with Gasteiger partial charge in [0.25, 0.3) is 5.91 Å². The predicted molar refractivity (Wildman–Crippen MR) is 77.7 cm³/mol. The van der Waals surface area contributed by atoms with Crippen molar-refractivity contribution in [3.8, 4) is 0 Å². The number of carbonyl (C=O) groups is 1. The first-order valence-electron chi connectivity index (χ1n) is 6.39. The van der Waals surface area contributed by atoms with Crippen molar-refractivity contribution in [2.45, 2.75) is 19.1 Å². The summed E-state index contributed by atoms with van der Waals surface area (Å²) in [6, 6.07) is 6.28. The van der Waals surface area contributed by atoms with E-state index in [9.17, 15) is 18.0 Å². The SMILES string of the molecule is CC(COCC(F)(F)F)NC(=O)c1cc2cc(Br)ccc2o1. The van der Waals surface area contributed by atoms with Crippen LogP contribution in [-0.2, 0) is 4.74 Å². The van der Waals surface area contributed by atoms with Gasteiger partial charge in [-0.05, 0) is 31.2 Å². The topological polar surface area (TPSA) is 51.5 Å². The van der Waals surface area contributed by atoms with Gasteiger partial charge in [0.05, 0.1) is 6.61 Å². The van der Waals surface area contributed by atoms with Crippen molar-refractivity contribution in [3.05, 3.63) is 34.5 Å². The van der Waals surface area contributed by atoms with Crippen LogP contribution in [0.2, 0.25) is 0 Å². The molecule has 0 saturated heterocycles. The van der Waals surface area contributed by atoms with E-state index >= 15 is 0 Å². The maximum Gasteiger partial charge on any atom is 0.411 e. The van der Waals surface area contributed by atoms with Crippen LogP contribution in [-0.4, -0.2) is 31.3 Å². The fourth-order valence-corrected chi connectivity index (χ4v) is 2.19. The predicted octanol–water partition coefficient (Wildman–Crippen LogP) is 3.89. The van der Waals surface area contributed by atoms with Crippen molar-refractivity contribution in [2.75, 3.05) is 13.2 Å². The Morgan fingerprint density at radius 3 is 2.82 bits per heavy atom. The number of fused-ring (bicyclic) bond motifs is 1. The first-order valence-corrected chi connectivity index (χ1v) is 7.18. The Morgan fingerprint density at radius 1 is 1.41 bits per heavy atom. The van der Waals surface area contributed by atoms with E-state index in [1.165, 1.54) is 0 Å². The van der Waals surface area contributed by atoms with Crippen LogP contribution in [0.25, 0.3) is 11.0 Å². The van der Waals surface area contributed by atoms with E-state index in [1.807, 2.05) is 0 Å². The standard InChI is InChI=1S/C14H13BrF3NO3/c1-8(6-21-7-14(16,17)18)19-13(20)12-5-9-4-10(15)2-3-11(9)22-12/h2-5,8H,6-7H2,1H3,(H,19,20). The normalized spacial score (nSPS) is 13.3. The zero-order valence-electron chi connectivity index (χ0n) is 11.5. The summed E-state index contributed by atoms with van der Waals surface area (Å²) < 4.78 is 46.6. The Bertz CT molecular complexity index is 669. The number of hydrogen-bond donors (Lipinski definition) is 1. The number of alkyl halides is 3. The molecule has 8 heteroatoms. The summed E-state index contributed by atoms with van der Waals surface area (Å²) in [5, 5.41) is 3.27. The lowest BCUT2D eigenvalue weighted by Crippen LogP contribution is -2.36. The third kappa shape index (κ3) is 4.74. The third-order valence-electron chi connectivity index (χ3n) is 2.71. The van der Waals surface area contributed by atoms with Crippen LogP contribution in [0.5, 0.6) is 0 Å². The minimum Gasteiger partial charge on any atom is -0.451 e. The molecule has 0 aliphatic rings. The molecule has 0 radical (unpaired) electrons. The van der Waals surface area contributed by atoms with Crippen LogP contribution in [0.1, 0.15) is 17.5 Å². The molecule has 2 rings (SSSR count). The largest absolute Gasteiger partial charge is 0.451 e. The Labute approximate surface area is 132 Å². The first kappa shape index (κ1) is 16.8. The van der Waals surface area contributed by atoms with Gasteiger partial charge < -0.3 is 14.5 Å². The van der Waals surface area contributed by atoms with Crippen molar-refractivity contribution < 1.29 is 27.1 Å². The molecule has 2 aromatic rings. The second kappa shape index (κ2) is 6.70. The van der Waals surface area contributed by atoms with Crippen LogP contribution in [0.3, 0.4) is 0 Å². The lowest BCUT2D eigenvalue weighted by Gasteiger charge is -2.14. The maximum absolute atomic E-state index is 12.0. The molecule has 22 heavy (non-hydrogen) atoms. The second-order valence-corrected chi connectivity index (χ2v) is 5.71. The van der Waals surface area contributed by atoms with E-state index < -0.39 is 24.7 Å². The molecule has 1 amide bonds. The molecule has 1 unspecified atom stereocenters. The number of ether oxygens (including phenoxy) is 1. The van der Waals surface area contributed by atoms with E-state index in [-0.39, 0.29) is 12.4 Å². The number of amides is 1. The molecule has 120 valence electrons. The molecule has 4 nitrogen and oxygen atoms in total. The lowest BCUT2D eigenvalue weighted by atomic mass is 10.2. The molecule has 1 atom stereocenters. The number of nitrogens with one attached hydrogen (secondary N) is 1. The van der Waals surface area contributed by atoms with Crippen LogP contribution in [0.4, 0.5) is 13.2 Å². The van der Waals surface area contributed by atoms with Crippen LogP contribution < -0.4 is 5.32 Å². The number of furan rings is 1. The minimum absolute atomic E-state index is 0.0933.